The zero-order valence-electron chi connectivity index (χ0n) is 13.2. The molecule has 2 atom stereocenters. The van der Waals surface area contributed by atoms with E-state index in [9.17, 15) is 14.4 Å². The van der Waals surface area contributed by atoms with Gasteiger partial charge in [0, 0.05) is 5.92 Å². The largest absolute Gasteiger partial charge is 0.465 e. The van der Waals surface area contributed by atoms with Crippen molar-refractivity contribution in [2.24, 2.45) is 17.8 Å². The molecule has 0 N–H and O–H groups in total. The summed E-state index contributed by atoms with van der Waals surface area (Å²) in [5.41, 5.74) is 0. The molecule has 1 aliphatic rings. The Morgan fingerprint density at radius 2 is 1.57 bits per heavy atom. The van der Waals surface area contributed by atoms with Crippen molar-refractivity contribution in [2.45, 2.75) is 52.9 Å². The molecule has 1 fully saturated rings. The van der Waals surface area contributed by atoms with E-state index in [1.165, 1.54) is 0 Å². The van der Waals surface area contributed by atoms with Crippen LogP contribution < -0.4 is 0 Å². The SMILES string of the molecule is CCOC(=O)C(C(=O)OCC)C(=O)C1CCCC(CC)C1. The van der Waals surface area contributed by atoms with Crippen LogP contribution in [0.4, 0.5) is 0 Å². The summed E-state index contributed by atoms with van der Waals surface area (Å²) in [6.45, 7) is 5.69. The number of carbonyl (C=O) groups excluding carboxylic acids is 3. The molecule has 0 aromatic heterocycles. The van der Waals surface area contributed by atoms with Gasteiger partial charge >= 0.3 is 11.9 Å². The predicted octanol–water partition coefficient (Wildman–Crippen LogP) is 2.51. The van der Waals surface area contributed by atoms with Crippen LogP contribution in [-0.4, -0.2) is 30.9 Å². The van der Waals surface area contributed by atoms with E-state index in [4.69, 9.17) is 9.47 Å². The number of esters is 2. The van der Waals surface area contributed by atoms with Gasteiger partial charge < -0.3 is 9.47 Å². The van der Waals surface area contributed by atoms with Crippen LogP contribution in [0.3, 0.4) is 0 Å². The molecule has 1 rings (SSSR count). The Kier molecular flexibility index (Phi) is 7.40. The lowest BCUT2D eigenvalue weighted by Gasteiger charge is -2.28. The zero-order chi connectivity index (χ0) is 15.8. The normalized spacial score (nSPS) is 21.9. The second kappa shape index (κ2) is 8.80. The number of ketones is 1. The van der Waals surface area contributed by atoms with E-state index in [1.807, 2.05) is 0 Å². The van der Waals surface area contributed by atoms with Crippen molar-refractivity contribution in [1.29, 1.82) is 0 Å². The first kappa shape index (κ1) is 17.7. The highest BCUT2D eigenvalue weighted by Crippen LogP contribution is 2.33. The summed E-state index contributed by atoms with van der Waals surface area (Å²) in [5.74, 6) is -3.03. The van der Waals surface area contributed by atoms with Crippen molar-refractivity contribution >= 4 is 17.7 Å². The molecular weight excluding hydrogens is 272 g/mol. The third kappa shape index (κ3) is 4.83. The summed E-state index contributed by atoms with van der Waals surface area (Å²) in [6, 6.07) is 0. The minimum absolute atomic E-state index is 0.143. The number of rotatable bonds is 7. The first-order valence-corrected chi connectivity index (χ1v) is 7.92. The maximum Gasteiger partial charge on any atom is 0.328 e. The van der Waals surface area contributed by atoms with Gasteiger partial charge in [0.15, 0.2) is 5.78 Å². The smallest absolute Gasteiger partial charge is 0.328 e. The van der Waals surface area contributed by atoms with Crippen molar-refractivity contribution in [3.05, 3.63) is 0 Å². The molecule has 0 aromatic rings. The van der Waals surface area contributed by atoms with Crippen molar-refractivity contribution in [3.8, 4) is 0 Å². The molecule has 0 bridgehead atoms. The lowest BCUT2D eigenvalue weighted by Crippen LogP contribution is -2.39. The maximum atomic E-state index is 12.6. The zero-order valence-corrected chi connectivity index (χ0v) is 13.2. The van der Waals surface area contributed by atoms with Gasteiger partial charge in [0.05, 0.1) is 13.2 Å². The third-order valence-electron chi connectivity index (χ3n) is 4.09. The van der Waals surface area contributed by atoms with E-state index in [2.05, 4.69) is 6.92 Å². The lowest BCUT2D eigenvalue weighted by molar-refractivity contribution is -0.165. The standard InChI is InChI=1S/C16H26O5/c1-4-11-8-7-9-12(10-11)14(17)13(15(18)20-5-2)16(19)21-6-3/h11-13H,4-10H2,1-3H3. The van der Waals surface area contributed by atoms with Gasteiger partial charge in [-0.2, -0.15) is 0 Å². The minimum atomic E-state index is -1.41. The van der Waals surface area contributed by atoms with Gasteiger partial charge in [-0.25, -0.2) is 0 Å². The number of carbonyl (C=O) groups is 3. The number of hydrogen-bond donors (Lipinski definition) is 0. The summed E-state index contributed by atoms with van der Waals surface area (Å²) < 4.78 is 9.75. The van der Waals surface area contributed by atoms with Crippen molar-refractivity contribution < 1.29 is 23.9 Å². The summed E-state index contributed by atoms with van der Waals surface area (Å²) in [6.07, 6.45) is 4.60. The Morgan fingerprint density at radius 3 is 2.05 bits per heavy atom. The highest BCUT2D eigenvalue weighted by Gasteiger charge is 2.41. The second-order valence-electron chi connectivity index (χ2n) is 5.48. The molecule has 21 heavy (non-hydrogen) atoms. The highest BCUT2D eigenvalue weighted by molar-refractivity contribution is 6.15. The monoisotopic (exact) mass is 298 g/mol. The van der Waals surface area contributed by atoms with Crippen molar-refractivity contribution in [2.75, 3.05) is 13.2 Å². The van der Waals surface area contributed by atoms with E-state index < -0.39 is 17.9 Å². The average Bonchev–Trinajstić information content (AvgIpc) is 2.48. The summed E-state index contributed by atoms with van der Waals surface area (Å²) >= 11 is 0. The Hall–Kier alpha value is -1.39. The molecule has 0 aliphatic heterocycles. The van der Waals surface area contributed by atoms with Crippen LogP contribution in [-0.2, 0) is 23.9 Å². The van der Waals surface area contributed by atoms with Gasteiger partial charge in [0.25, 0.3) is 0 Å². The fourth-order valence-corrected chi connectivity index (χ4v) is 2.94. The predicted molar refractivity (Wildman–Crippen MR) is 77.5 cm³/mol. The summed E-state index contributed by atoms with van der Waals surface area (Å²) in [4.78, 5) is 36.5. The first-order valence-electron chi connectivity index (χ1n) is 7.92. The van der Waals surface area contributed by atoms with Crippen molar-refractivity contribution in [1.82, 2.24) is 0 Å². The average molecular weight is 298 g/mol. The van der Waals surface area contributed by atoms with Crippen LogP contribution in [0.2, 0.25) is 0 Å². The molecule has 0 spiro atoms. The van der Waals surface area contributed by atoms with Gasteiger partial charge in [-0.05, 0) is 32.6 Å². The van der Waals surface area contributed by atoms with Gasteiger partial charge in [0.1, 0.15) is 0 Å². The Balaban J connectivity index is 2.83. The molecule has 0 radical (unpaired) electrons. The quantitative estimate of drug-likeness (QED) is 0.533. The molecule has 5 nitrogen and oxygen atoms in total. The first-order chi connectivity index (χ1) is 10.0. The molecule has 5 heteroatoms. The number of Topliss-reactive ketones (excluding diaryl/α,β-unsaturated/α-hetero) is 1. The fourth-order valence-electron chi connectivity index (χ4n) is 2.94. The maximum absolute atomic E-state index is 12.6. The van der Waals surface area contributed by atoms with E-state index in [-0.39, 0.29) is 24.9 Å². The fraction of sp³-hybridized carbons (Fsp3) is 0.812. The van der Waals surface area contributed by atoms with Gasteiger partial charge in [-0.3, -0.25) is 14.4 Å². The molecular formula is C16H26O5. The second-order valence-corrected chi connectivity index (χ2v) is 5.48. The molecule has 1 saturated carbocycles. The van der Waals surface area contributed by atoms with Gasteiger partial charge in [0.2, 0.25) is 5.92 Å². The highest BCUT2D eigenvalue weighted by atomic mass is 16.6. The number of hydrogen-bond acceptors (Lipinski definition) is 5. The van der Waals surface area contributed by atoms with Crippen molar-refractivity contribution in [3.63, 3.8) is 0 Å². The van der Waals surface area contributed by atoms with Crippen LogP contribution in [0.25, 0.3) is 0 Å². The van der Waals surface area contributed by atoms with Crippen LogP contribution in [0.15, 0.2) is 0 Å². The van der Waals surface area contributed by atoms with Crippen LogP contribution >= 0.6 is 0 Å². The Labute approximate surface area is 126 Å². The van der Waals surface area contributed by atoms with E-state index in [0.29, 0.717) is 5.92 Å². The lowest BCUT2D eigenvalue weighted by atomic mass is 9.75. The molecule has 0 heterocycles. The molecule has 2 unspecified atom stereocenters. The third-order valence-corrected chi connectivity index (χ3v) is 4.09. The van der Waals surface area contributed by atoms with Crippen LogP contribution in [0.1, 0.15) is 52.9 Å². The van der Waals surface area contributed by atoms with E-state index in [1.54, 1.807) is 13.8 Å². The van der Waals surface area contributed by atoms with E-state index in [0.717, 1.165) is 32.1 Å². The minimum Gasteiger partial charge on any atom is -0.465 e. The summed E-state index contributed by atoms with van der Waals surface area (Å²) in [7, 11) is 0. The van der Waals surface area contributed by atoms with Gasteiger partial charge in [-0.15, -0.1) is 0 Å². The molecule has 0 aromatic carbocycles. The summed E-state index contributed by atoms with van der Waals surface area (Å²) in [5, 5.41) is 0. The van der Waals surface area contributed by atoms with Gasteiger partial charge in [-0.1, -0.05) is 26.2 Å². The van der Waals surface area contributed by atoms with Crippen LogP contribution in [0.5, 0.6) is 0 Å². The van der Waals surface area contributed by atoms with E-state index >= 15 is 0 Å². The molecule has 0 saturated heterocycles. The number of ether oxygens (including phenoxy) is 2. The molecule has 1 aliphatic carbocycles. The van der Waals surface area contributed by atoms with Crippen LogP contribution in [0, 0.1) is 17.8 Å². The topological polar surface area (TPSA) is 69.7 Å². The Morgan fingerprint density at radius 1 is 1.00 bits per heavy atom. The molecule has 0 amide bonds. The Bertz CT molecular complexity index is 359. The molecule has 120 valence electrons.